The first-order valence-corrected chi connectivity index (χ1v) is 8.43. The summed E-state index contributed by atoms with van der Waals surface area (Å²) in [6.07, 6.45) is 4.51. The quantitative estimate of drug-likeness (QED) is 0.444. The molecule has 0 atom stereocenters. The summed E-state index contributed by atoms with van der Waals surface area (Å²) in [6, 6.07) is 11.1. The number of amides is 1. The number of carboxylic acids is 1. The van der Waals surface area contributed by atoms with E-state index in [1.165, 1.54) is 37.9 Å². The lowest BCUT2D eigenvalue weighted by molar-refractivity contribution is 0.0657. The Bertz CT molecular complexity index is 1030. The van der Waals surface area contributed by atoms with Gasteiger partial charge >= 0.3 is 5.97 Å². The molecule has 2 aromatic heterocycles. The number of methoxy groups -OCH3 is 1. The Hall–Kier alpha value is -4.14. The summed E-state index contributed by atoms with van der Waals surface area (Å²) in [5.74, 6) is -0.397. The van der Waals surface area contributed by atoms with Crippen LogP contribution in [0.2, 0.25) is 0 Å². The number of hydrazone groups is 1. The number of nitrogens with one attached hydrogen (secondary N) is 1. The van der Waals surface area contributed by atoms with Crippen molar-refractivity contribution in [3.63, 3.8) is 0 Å². The molecule has 2 N–H and O–H groups in total. The van der Waals surface area contributed by atoms with Gasteiger partial charge in [-0.1, -0.05) is 0 Å². The Morgan fingerprint density at radius 2 is 1.97 bits per heavy atom. The Labute approximate surface area is 165 Å². The van der Waals surface area contributed by atoms with E-state index in [1.54, 1.807) is 30.3 Å². The highest BCUT2D eigenvalue weighted by atomic mass is 16.5. The first-order valence-electron chi connectivity index (χ1n) is 8.43. The third-order valence-corrected chi connectivity index (χ3v) is 3.75. The molecule has 2 heterocycles. The summed E-state index contributed by atoms with van der Waals surface area (Å²) in [5, 5.41) is 12.8. The normalized spacial score (nSPS) is 10.7. The molecule has 0 aliphatic heterocycles. The molecular weight excluding hydrogens is 378 g/mol. The number of benzene rings is 1. The van der Waals surface area contributed by atoms with Crippen LogP contribution in [0.3, 0.4) is 0 Å². The largest absolute Gasteiger partial charge is 0.493 e. The minimum atomic E-state index is -1.14. The van der Waals surface area contributed by atoms with E-state index in [0.717, 1.165) is 0 Å². The standard InChI is InChI=1S/C20H17N3O6/c1-27-18-10-13(11-22-23-19(24)14-6-8-21-9-7-14)2-4-16(18)28-12-15-3-5-17(29-15)20(25)26/h2-11H,12H2,1H3,(H,23,24)(H,25,26)/b22-11-. The van der Waals surface area contributed by atoms with Gasteiger partial charge in [0.2, 0.25) is 5.76 Å². The van der Waals surface area contributed by atoms with Crippen LogP contribution in [0.25, 0.3) is 0 Å². The zero-order valence-electron chi connectivity index (χ0n) is 15.4. The van der Waals surface area contributed by atoms with Crippen LogP contribution in [-0.2, 0) is 6.61 Å². The van der Waals surface area contributed by atoms with E-state index in [9.17, 15) is 9.59 Å². The highest BCUT2D eigenvalue weighted by molar-refractivity contribution is 5.94. The van der Waals surface area contributed by atoms with E-state index in [1.807, 2.05) is 0 Å². The molecule has 1 amide bonds. The molecule has 0 fully saturated rings. The van der Waals surface area contributed by atoms with Gasteiger partial charge in [0.25, 0.3) is 5.91 Å². The van der Waals surface area contributed by atoms with Gasteiger partial charge in [0.15, 0.2) is 11.5 Å². The van der Waals surface area contributed by atoms with Crippen LogP contribution in [-0.4, -0.2) is 35.3 Å². The van der Waals surface area contributed by atoms with Crippen molar-refractivity contribution in [2.75, 3.05) is 7.11 Å². The molecule has 0 bridgehead atoms. The van der Waals surface area contributed by atoms with Gasteiger partial charge in [-0.3, -0.25) is 9.78 Å². The molecule has 0 saturated heterocycles. The molecule has 0 aliphatic carbocycles. The molecule has 9 heteroatoms. The summed E-state index contributed by atoms with van der Waals surface area (Å²) in [6.45, 7) is 0.0407. The number of carbonyl (C=O) groups is 2. The van der Waals surface area contributed by atoms with Gasteiger partial charge in [-0.15, -0.1) is 0 Å². The number of carbonyl (C=O) groups excluding carboxylic acids is 1. The Morgan fingerprint density at radius 1 is 1.17 bits per heavy atom. The first kappa shape index (κ1) is 19.6. The number of rotatable bonds is 8. The Kier molecular flexibility index (Phi) is 6.21. The average molecular weight is 395 g/mol. The van der Waals surface area contributed by atoms with Crippen molar-refractivity contribution < 1.29 is 28.6 Å². The topological polar surface area (TPSA) is 123 Å². The molecule has 0 aliphatic rings. The van der Waals surface area contributed by atoms with Crippen molar-refractivity contribution in [2.45, 2.75) is 6.61 Å². The summed E-state index contributed by atoms with van der Waals surface area (Å²) in [4.78, 5) is 26.6. The highest BCUT2D eigenvalue weighted by Gasteiger charge is 2.11. The molecule has 148 valence electrons. The lowest BCUT2D eigenvalue weighted by atomic mass is 10.2. The van der Waals surface area contributed by atoms with Crippen LogP contribution in [0.5, 0.6) is 11.5 Å². The fourth-order valence-electron chi connectivity index (χ4n) is 2.34. The maximum Gasteiger partial charge on any atom is 0.371 e. The van der Waals surface area contributed by atoms with E-state index in [-0.39, 0.29) is 18.3 Å². The first-order chi connectivity index (χ1) is 14.1. The van der Waals surface area contributed by atoms with E-state index in [2.05, 4.69) is 15.5 Å². The van der Waals surface area contributed by atoms with Crippen molar-refractivity contribution in [3.05, 3.63) is 77.5 Å². The fraction of sp³-hybridized carbons (Fsp3) is 0.100. The predicted molar refractivity (Wildman–Crippen MR) is 102 cm³/mol. The van der Waals surface area contributed by atoms with Crippen LogP contribution < -0.4 is 14.9 Å². The monoisotopic (exact) mass is 395 g/mol. The Balaban J connectivity index is 1.61. The van der Waals surface area contributed by atoms with Crippen LogP contribution in [0.1, 0.15) is 32.2 Å². The third-order valence-electron chi connectivity index (χ3n) is 3.75. The molecule has 0 radical (unpaired) electrons. The third kappa shape index (κ3) is 5.19. The summed E-state index contributed by atoms with van der Waals surface area (Å²) in [5.41, 5.74) is 3.55. The predicted octanol–water partition coefficient (Wildman–Crippen LogP) is 2.72. The summed E-state index contributed by atoms with van der Waals surface area (Å²) < 4.78 is 16.1. The SMILES string of the molecule is COc1cc(/C=N\NC(=O)c2ccncc2)ccc1OCc1ccc(C(=O)O)o1. The number of nitrogens with zero attached hydrogens (tertiary/aromatic N) is 2. The second kappa shape index (κ2) is 9.18. The molecular formula is C20H17N3O6. The van der Waals surface area contributed by atoms with Crippen molar-refractivity contribution in [3.8, 4) is 11.5 Å². The van der Waals surface area contributed by atoms with E-state index < -0.39 is 5.97 Å². The second-order valence-electron chi connectivity index (χ2n) is 5.71. The summed E-state index contributed by atoms with van der Waals surface area (Å²) in [7, 11) is 1.49. The van der Waals surface area contributed by atoms with Gasteiger partial charge in [0.05, 0.1) is 13.3 Å². The minimum absolute atomic E-state index is 0.0407. The molecule has 0 saturated carbocycles. The maximum absolute atomic E-state index is 11.9. The average Bonchev–Trinajstić information content (AvgIpc) is 3.22. The number of hydrogen-bond acceptors (Lipinski definition) is 7. The van der Waals surface area contributed by atoms with Crippen LogP contribution >= 0.6 is 0 Å². The number of aromatic carboxylic acids is 1. The van der Waals surface area contributed by atoms with E-state index >= 15 is 0 Å². The minimum Gasteiger partial charge on any atom is -0.493 e. The van der Waals surface area contributed by atoms with E-state index in [4.69, 9.17) is 19.0 Å². The van der Waals surface area contributed by atoms with Crippen molar-refractivity contribution in [1.82, 2.24) is 10.4 Å². The van der Waals surface area contributed by atoms with Gasteiger partial charge in [-0.2, -0.15) is 5.10 Å². The molecule has 0 spiro atoms. The number of hydrogen-bond donors (Lipinski definition) is 2. The van der Waals surface area contributed by atoms with Gasteiger partial charge in [-0.25, -0.2) is 10.2 Å². The number of ether oxygens (including phenoxy) is 2. The van der Waals surface area contributed by atoms with Crippen molar-refractivity contribution in [2.24, 2.45) is 5.10 Å². The fourth-order valence-corrected chi connectivity index (χ4v) is 2.34. The molecule has 9 nitrogen and oxygen atoms in total. The van der Waals surface area contributed by atoms with Gasteiger partial charge < -0.3 is 19.0 Å². The molecule has 3 rings (SSSR count). The summed E-state index contributed by atoms with van der Waals surface area (Å²) >= 11 is 0. The number of furan rings is 1. The smallest absolute Gasteiger partial charge is 0.371 e. The maximum atomic E-state index is 11.9. The molecule has 0 unspecified atom stereocenters. The highest BCUT2D eigenvalue weighted by Crippen LogP contribution is 2.28. The number of pyridine rings is 1. The molecule has 3 aromatic rings. The van der Waals surface area contributed by atoms with Crippen LogP contribution in [0, 0.1) is 0 Å². The number of aromatic nitrogens is 1. The van der Waals surface area contributed by atoms with E-state index in [0.29, 0.717) is 28.4 Å². The van der Waals surface area contributed by atoms with Gasteiger partial charge in [-0.05, 0) is 48.0 Å². The lowest BCUT2D eigenvalue weighted by Crippen LogP contribution is -2.17. The number of carboxylic acid groups (broad SMARTS) is 1. The zero-order valence-corrected chi connectivity index (χ0v) is 15.4. The molecule has 1 aromatic carbocycles. The molecule has 29 heavy (non-hydrogen) atoms. The van der Waals surface area contributed by atoms with Crippen molar-refractivity contribution >= 4 is 18.1 Å². The van der Waals surface area contributed by atoms with Gasteiger partial charge in [0.1, 0.15) is 12.4 Å². The zero-order chi connectivity index (χ0) is 20.6. The van der Waals surface area contributed by atoms with Crippen LogP contribution in [0.15, 0.2) is 64.4 Å². The Morgan fingerprint density at radius 3 is 2.66 bits per heavy atom. The second-order valence-corrected chi connectivity index (χ2v) is 5.71. The van der Waals surface area contributed by atoms with Crippen molar-refractivity contribution in [1.29, 1.82) is 0 Å². The van der Waals surface area contributed by atoms with Gasteiger partial charge in [0, 0.05) is 18.0 Å². The van der Waals surface area contributed by atoms with Crippen LogP contribution in [0.4, 0.5) is 0 Å². The lowest BCUT2D eigenvalue weighted by Gasteiger charge is -2.10.